The molecule has 0 atom stereocenters. The molecular formula is C24H27N3O6S2. The Balaban J connectivity index is 1.42. The van der Waals surface area contributed by atoms with Crippen LogP contribution in [-0.4, -0.2) is 78.0 Å². The van der Waals surface area contributed by atoms with Crippen molar-refractivity contribution in [3.63, 3.8) is 0 Å². The molecule has 4 rings (SSSR count). The first kappa shape index (κ1) is 24.8. The van der Waals surface area contributed by atoms with Gasteiger partial charge in [-0.3, -0.25) is 4.79 Å². The van der Waals surface area contributed by atoms with Gasteiger partial charge in [-0.15, -0.1) is 0 Å². The summed E-state index contributed by atoms with van der Waals surface area (Å²) in [4.78, 5) is 21.6. The van der Waals surface area contributed by atoms with Gasteiger partial charge in [0.2, 0.25) is 11.7 Å². The normalized spacial score (nSPS) is 14.5. The third-order valence-corrected chi connectivity index (χ3v) is 7.93. The summed E-state index contributed by atoms with van der Waals surface area (Å²) in [5.41, 5.74) is 1.53. The Hall–Kier alpha value is -3.31. The fraction of sp³-hybridized carbons (Fsp3) is 0.333. The average Bonchev–Trinajstić information content (AvgIpc) is 3.29. The van der Waals surface area contributed by atoms with Gasteiger partial charge in [0.25, 0.3) is 0 Å². The third kappa shape index (κ3) is 5.35. The van der Waals surface area contributed by atoms with Gasteiger partial charge in [0.15, 0.2) is 26.5 Å². The van der Waals surface area contributed by atoms with Crippen molar-refractivity contribution in [2.24, 2.45) is 0 Å². The van der Waals surface area contributed by atoms with Gasteiger partial charge in [-0.2, -0.15) is 0 Å². The van der Waals surface area contributed by atoms with E-state index in [0.717, 1.165) is 20.9 Å². The highest BCUT2D eigenvalue weighted by molar-refractivity contribution is 7.90. The minimum atomic E-state index is -3.27. The van der Waals surface area contributed by atoms with Crippen LogP contribution in [-0.2, 0) is 14.6 Å². The molecule has 11 heteroatoms. The van der Waals surface area contributed by atoms with Gasteiger partial charge < -0.3 is 24.0 Å². The van der Waals surface area contributed by atoms with Crippen LogP contribution in [0.15, 0.2) is 41.3 Å². The van der Waals surface area contributed by atoms with Crippen LogP contribution in [0.1, 0.15) is 5.56 Å². The molecule has 0 saturated carbocycles. The molecule has 0 aliphatic carbocycles. The molecule has 1 aliphatic heterocycles. The second kappa shape index (κ2) is 10.1. The summed E-state index contributed by atoms with van der Waals surface area (Å²) < 4.78 is 40.6. The minimum Gasteiger partial charge on any atom is -0.493 e. The van der Waals surface area contributed by atoms with E-state index < -0.39 is 9.84 Å². The molecule has 0 radical (unpaired) electrons. The smallest absolute Gasteiger partial charge is 0.246 e. The molecule has 3 aromatic rings. The number of rotatable bonds is 7. The molecule has 1 aliphatic rings. The molecule has 0 bridgehead atoms. The van der Waals surface area contributed by atoms with Crippen molar-refractivity contribution < 1.29 is 27.4 Å². The van der Waals surface area contributed by atoms with Crippen molar-refractivity contribution in [1.82, 2.24) is 9.88 Å². The summed E-state index contributed by atoms with van der Waals surface area (Å²) in [6.07, 6.45) is 4.47. The number of benzene rings is 2. The number of piperazine rings is 1. The van der Waals surface area contributed by atoms with E-state index in [2.05, 4.69) is 9.88 Å². The van der Waals surface area contributed by atoms with Crippen LogP contribution in [0.4, 0.5) is 5.13 Å². The second-order valence-electron chi connectivity index (χ2n) is 8.00. The van der Waals surface area contributed by atoms with Gasteiger partial charge in [0.1, 0.15) is 0 Å². The fourth-order valence-electron chi connectivity index (χ4n) is 3.85. The predicted octanol–water partition coefficient (Wildman–Crippen LogP) is 3.09. The Labute approximate surface area is 208 Å². The van der Waals surface area contributed by atoms with Gasteiger partial charge in [0, 0.05) is 38.5 Å². The summed E-state index contributed by atoms with van der Waals surface area (Å²) in [6, 6.07) is 8.55. The molecule has 0 spiro atoms. The lowest BCUT2D eigenvalue weighted by Gasteiger charge is -2.34. The number of methoxy groups -OCH3 is 3. The Morgan fingerprint density at radius 1 is 1.00 bits per heavy atom. The third-order valence-electron chi connectivity index (χ3n) is 5.74. The molecule has 186 valence electrons. The quantitative estimate of drug-likeness (QED) is 0.441. The average molecular weight is 518 g/mol. The van der Waals surface area contributed by atoms with Gasteiger partial charge in [-0.1, -0.05) is 11.3 Å². The van der Waals surface area contributed by atoms with E-state index in [4.69, 9.17) is 14.2 Å². The molecule has 1 fully saturated rings. The minimum absolute atomic E-state index is 0.0829. The Bertz CT molecular complexity index is 1350. The first-order chi connectivity index (χ1) is 16.7. The highest BCUT2D eigenvalue weighted by Crippen LogP contribution is 2.38. The van der Waals surface area contributed by atoms with Crippen molar-refractivity contribution in [2.75, 3.05) is 58.7 Å². The van der Waals surface area contributed by atoms with Crippen LogP contribution in [0.3, 0.4) is 0 Å². The summed E-state index contributed by atoms with van der Waals surface area (Å²) in [6.45, 7) is 2.40. The molecule has 1 amide bonds. The predicted molar refractivity (Wildman–Crippen MR) is 137 cm³/mol. The largest absolute Gasteiger partial charge is 0.493 e. The number of hydrogen-bond donors (Lipinski definition) is 0. The van der Waals surface area contributed by atoms with Crippen LogP contribution in [0.25, 0.3) is 16.3 Å². The number of ether oxygens (including phenoxy) is 3. The maximum absolute atomic E-state index is 12.8. The lowest BCUT2D eigenvalue weighted by Crippen LogP contribution is -2.48. The van der Waals surface area contributed by atoms with Crippen LogP contribution < -0.4 is 19.1 Å². The van der Waals surface area contributed by atoms with Crippen molar-refractivity contribution in [1.29, 1.82) is 0 Å². The number of carbonyl (C=O) groups is 1. The van der Waals surface area contributed by atoms with Crippen molar-refractivity contribution in [3.8, 4) is 17.2 Å². The zero-order valence-corrected chi connectivity index (χ0v) is 21.6. The van der Waals surface area contributed by atoms with E-state index in [0.29, 0.717) is 43.4 Å². The maximum Gasteiger partial charge on any atom is 0.246 e. The lowest BCUT2D eigenvalue weighted by atomic mass is 10.1. The Morgan fingerprint density at radius 3 is 2.23 bits per heavy atom. The van der Waals surface area contributed by atoms with Crippen molar-refractivity contribution >= 4 is 48.5 Å². The number of fused-ring (bicyclic) bond motifs is 1. The van der Waals surface area contributed by atoms with E-state index >= 15 is 0 Å². The van der Waals surface area contributed by atoms with Crippen molar-refractivity contribution in [2.45, 2.75) is 4.90 Å². The number of thiazole rings is 1. The highest BCUT2D eigenvalue weighted by atomic mass is 32.2. The molecule has 2 aromatic carbocycles. The van der Waals surface area contributed by atoms with E-state index in [1.165, 1.54) is 17.6 Å². The molecule has 2 heterocycles. The first-order valence-corrected chi connectivity index (χ1v) is 13.6. The van der Waals surface area contributed by atoms with Crippen molar-refractivity contribution in [3.05, 3.63) is 42.0 Å². The number of nitrogens with zero attached hydrogens (tertiary/aromatic N) is 3. The number of sulfone groups is 1. The molecule has 9 nitrogen and oxygen atoms in total. The molecule has 35 heavy (non-hydrogen) atoms. The van der Waals surface area contributed by atoms with Crippen LogP contribution >= 0.6 is 11.3 Å². The van der Waals surface area contributed by atoms with Crippen LogP contribution in [0.5, 0.6) is 17.2 Å². The zero-order chi connectivity index (χ0) is 25.2. The van der Waals surface area contributed by atoms with E-state index in [1.54, 1.807) is 68.7 Å². The fourth-order valence-corrected chi connectivity index (χ4v) is 5.63. The van der Waals surface area contributed by atoms with Gasteiger partial charge in [0.05, 0.1) is 36.4 Å². The number of hydrogen-bond acceptors (Lipinski definition) is 9. The SMILES string of the molecule is COc1cc(C=CC(=O)N2CCN(c3nc4ccc(S(C)(=O)=O)cc4s3)CC2)cc(OC)c1OC. The summed E-state index contributed by atoms with van der Waals surface area (Å²) in [5, 5.41) is 0.825. The highest BCUT2D eigenvalue weighted by Gasteiger charge is 2.22. The van der Waals surface area contributed by atoms with E-state index in [-0.39, 0.29) is 10.8 Å². The first-order valence-electron chi connectivity index (χ1n) is 10.9. The van der Waals surface area contributed by atoms with Crippen LogP contribution in [0.2, 0.25) is 0 Å². The van der Waals surface area contributed by atoms with Crippen LogP contribution in [0, 0.1) is 0 Å². The number of aromatic nitrogens is 1. The summed E-state index contributed by atoms with van der Waals surface area (Å²) in [5.74, 6) is 1.46. The second-order valence-corrected chi connectivity index (χ2v) is 11.0. The number of anilines is 1. The Kier molecular flexibility index (Phi) is 7.18. The molecular weight excluding hydrogens is 490 g/mol. The molecule has 1 aromatic heterocycles. The Morgan fingerprint density at radius 2 is 1.66 bits per heavy atom. The van der Waals surface area contributed by atoms with Gasteiger partial charge in [-0.05, 0) is 42.0 Å². The monoisotopic (exact) mass is 517 g/mol. The topological polar surface area (TPSA) is 98.3 Å². The van der Waals surface area contributed by atoms with Gasteiger partial charge >= 0.3 is 0 Å². The zero-order valence-electron chi connectivity index (χ0n) is 20.0. The van der Waals surface area contributed by atoms with E-state index in [9.17, 15) is 13.2 Å². The summed E-state index contributed by atoms with van der Waals surface area (Å²) in [7, 11) is 1.37. The molecule has 1 saturated heterocycles. The number of amides is 1. The lowest BCUT2D eigenvalue weighted by molar-refractivity contribution is -0.126. The standard InChI is InChI=1S/C24H27N3O6S2/c1-31-19-13-16(14-20(32-2)23(19)33-3)5-8-22(28)26-9-11-27(12-10-26)24-25-18-7-6-17(35(4,29)30)15-21(18)34-24/h5-8,13-15H,9-12H2,1-4H3. The maximum atomic E-state index is 12.8. The molecule has 0 unspecified atom stereocenters. The van der Waals surface area contributed by atoms with Gasteiger partial charge in [-0.25, -0.2) is 13.4 Å². The summed E-state index contributed by atoms with van der Waals surface area (Å²) >= 11 is 1.46. The molecule has 0 N–H and O–H groups in total. The number of carbonyl (C=O) groups excluding carboxylic acids is 1. The van der Waals surface area contributed by atoms with E-state index in [1.807, 2.05) is 0 Å².